The molecular weight excluding hydrogens is 1980 g/mol. The second-order valence-electron chi connectivity index (χ2n) is 34.2. The SMILES string of the molecule is COc1ccc(C(=O)Nc2nc(-c3ccco3)c(C(=O)C3CCOCC3)s2)cn1.Cc1cc(C(=O)Nc2nc(-c3ccco3)c(C(=O)C3CCOCC3)s2)cnc1C.O=C(Cc1ccccn1)Nc1nc(-c2ccco2)c(C(=O)C2CCOCC2)s1.O=C(Nc1nc(-c2ccco2)c(C(=O)C2CCOCC2)s1)c1cnc2ccccc2c1.O=C(Nc1nc(-c2ccco2)c(C(=O)C2CCOCC2)s1)c1cnc2occc2c1. The fourth-order valence-electron chi connectivity index (χ4n) is 16.4. The van der Waals surface area contributed by atoms with E-state index in [0.29, 0.717) is 277 Å². The molecule has 147 heavy (non-hydrogen) atoms. The number of furan rings is 6. The minimum atomic E-state index is -0.370. The fourth-order valence-corrected chi connectivity index (χ4v) is 21.4. The molecule has 5 aliphatic rings. The number of anilines is 5. The number of para-hydroxylation sites is 1. The fraction of sp³-hybridized carbons (Fsp3) is 0.276. The molecule has 0 bridgehead atoms. The van der Waals surface area contributed by atoms with Gasteiger partial charge in [-0.15, -0.1) is 0 Å². The highest BCUT2D eigenvalue weighted by Gasteiger charge is 2.37. The van der Waals surface area contributed by atoms with E-state index in [1.165, 1.54) is 103 Å². The quantitative estimate of drug-likeness (QED) is 0.0298. The maximum Gasteiger partial charge on any atom is 0.259 e. The number of methoxy groups -OCH3 is 1. The van der Waals surface area contributed by atoms with E-state index in [0.717, 1.165) is 50.2 Å². The van der Waals surface area contributed by atoms with Crippen molar-refractivity contribution in [2.75, 3.05) is 99.8 Å². The predicted octanol–water partition coefficient (Wildman–Crippen LogP) is 20.8. The van der Waals surface area contributed by atoms with Crippen LogP contribution in [0.2, 0.25) is 0 Å². The maximum absolute atomic E-state index is 13.2. The van der Waals surface area contributed by atoms with Crippen LogP contribution in [-0.4, -0.2) is 181 Å². The van der Waals surface area contributed by atoms with Gasteiger partial charge < -0.3 is 60.2 Å². The lowest BCUT2D eigenvalue weighted by Crippen LogP contribution is -2.23. The minimum Gasteiger partial charge on any atom is -0.481 e. The smallest absolute Gasteiger partial charge is 0.259 e. The summed E-state index contributed by atoms with van der Waals surface area (Å²) >= 11 is 5.84. The molecule has 0 saturated carbocycles. The minimum absolute atomic E-state index is 0.00353. The molecule has 42 heteroatoms. The summed E-state index contributed by atoms with van der Waals surface area (Å²) in [6.07, 6.45) is 23.7. The van der Waals surface area contributed by atoms with E-state index in [2.05, 4.69) is 76.4 Å². The van der Waals surface area contributed by atoms with Crippen molar-refractivity contribution in [2.45, 2.75) is 84.5 Å². The van der Waals surface area contributed by atoms with Crippen LogP contribution >= 0.6 is 56.7 Å². The van der Waals surface area contributed by atoms with Crippen LogP contribution in [0.4, 0.5) is 25.7 Å². The van der Waals surface area contributed by atoms with E-state index >= 15 is 0 Å². The van der Waals surface area contributed by atoms with Crippen molar-refractivity contribution in [3.8, 4) is 63.2 Å². The second kappa shape index (κ2) is 48.5. The number of thiazole rings is 5. The van der Waals surface area contributed by atoms with E-state index in [-0.39, 0.29) is 94.5 Å². The summed E-state index contributed by atoms with van der Waals surface area (Å²) in [5, 5.41) is 17.3. The van der Waals surface area contributed by atoms with Crippen LogP contribution in [0, 0.1) is 43.4 Å². The Bertz CT molecular complexity index is 7450. The van der Waals surface area contributed by atoms with Gasteiger partial charge in [0.2, 0.25) is 17.5 Å². The standard InChI is InChI=1S/C23H19N3O4S.C21H17N3O5S.C21H21N3O4S.C20H19N3O5S.C20H19N3O4S/c27-20(14-7-10-29-11-8-14)21-19(18-6-3-9-30-18)25-23(31-21)26-22(28)16-12-15-4-1-2-5-17(15)24-13-16;25-17(12-3-7-27-8-4-12)18-16(15-2-1-6-28-15)23-21(30-18)24-19(26)14-10-13-5-9-29-20(13)22-11-14;1-12-10-15(11-22-13(12)2)20(26)24-21-23-17(16-4-3-7-28-16)19(29-21)18(25)14-5-8-27-9-6-14;1-26-15-5-4-13(11-21-15)19(25)23-20-22-16(14-3-2-8-28-14)18(29-20)17(24)12-6-9-27-10-7-12;24-16(12-14-4-1-2-8-21-14)22-20-23-17(15-5-3-9-27-15)19(28-20)18(25)13-6-10-26-11-7-13/h1-6,9,12-14H,7-8,10-11H2,(H,25,26,28);1-2,5-6,9-12H,3-4,7-8H2,(H,23,24,26);3-4,7,10-11,14H,5-6,8-9H2,1-2H3,(H,23,24,26);2-5,8,11-12H,6-7,9-10H2,1H3,(H,22,23,25);1-5,8-9,13H,6-7,10-12H2,(H,22,23,24). The highest BCUT2D eigenvalue weighted by molar-refractivity contribution is 7.19. The number of carbonyl (C=O) groups is 10. The third-order valence-electron chi connectivity index (χ3n) is 24.4. The van der Waals surface area contributed by atoms with Gasteiger partial charge in [0, 0.05) is 155 Å². The number of benzene rings is 1. The molecule has 16 aromatic heterocycles. The average molecular weight is 2080 g/mol. The van der Waals surface area contributed by atoms with Gasteiger partial charge in [0.25, 0.3) is 23.6 Å². The van der Waals surface area contributed by atoms with Crippen molar-refractivity contribution in [3.05, 3.63) is 272 Å². The number of hydrogen-bond acceptors (Lipinski definition) is 37. The monoisotopic (exact) mass is 2080 g/mol. The van der Waals surface area contributed by atoms with Crippen molar-refractivity contribution in [1.82, 2.24) is 49.8 Å². The number of Topliss-reactive ketones (excluding diaryl/α,β-unsaturated/α-hetero) is 5. The van der Waals surface area contributed by atoms with Crippen molar-refractivity contribution >= 4 is 163 Å². The summed E-state index contributed by atoms with van der Waals surface area (Å²) in [5.41, 5.74) is 7.63. The first-order valence-corrected chi connectivity index (χ1v) is 51.2. The molecule has 17 aromatic rings. The zero-order valence-corrected chi connectivity index (χ0v) is 83.4. The highest BCUT2D eigenvalue weighted by atomic mass is 32.1. The van der Waals surface area contributed by atoms with Gasteiger partial charge in [-0.1, -0.05) is 80.9 Å². The number of nitrogens with zero attached hydrogens (tertiary/aromatic N) is 10. The molecule has 1 aromatic carbocycles. The normalized spacial score (nSPS) is 14.7. The van der Waals surface area contributed by atoms with Gasteiger partial charge in [0.15, 0.2) is 83.4 Å². The topological polar surface area (TPSA) is 494 Å². The number of nitrogens with one attached hydrogen (secondary N) is 5. The second-order valence-corrected chi connectivity index (χ2v) is 39.2. The maximum atomic E-state index is 13.2. The van der Waals surface area contributed by atoms with Gasteiger partial charge in [0.05, 0.1) is 78.9 Å². The van der Waals surface area contributed by atoms with Gasteiger partial charge in [-0.2, -0.15) is 0 Å². The molecule has 0 radical (unpaired) electrons. The largest absolute Gasteiger partial charge is 0.481 e. The number of ether oxygens (including phenoxy) is 6. The number of carbonyl (C=O) groups excluding carboxylic acids is 10. The van der Waals surface area contributed by atoms with E-state index in [4.69, 9.17) is 54.9 Å². The van der Waals surface area contributed by atoms with Gasteiger partial charge >= 0.3 is 0 Å². The predicted molar refractivity (Wildman–Crippen MR) is 547 cm³/mol. The molecule has 5 saturated heterocycles. The molecule has 0 aliphatic carbocycles. The molecule has 0 spiro atoms. The number of fused-ring (bicyclic) bond motifs is 2. The molecule has 37 nitrogen and oxygen atoms in total. The van der Waals surface area contributed by atoms with Crippen LogP contribution in [0.25, 0.3) is 79.3 Å². The van der Waals surface area contributed by atoms with Gasteiger partial charge in [-0.05, 0) is 193 Å². The van der Waals surface area contributed by atoms with E-state index in [9.17, 15) is 47.9 Å². The number of ketones is 5. The Morgan fingerprint density at radius 3 is 1.01 bits per heavy atom. The van der Waals surface area contributed by atoms with E-state index in [1.54, 1.807) is 115 Å². The summed E-state index contributed by atoms with van der Waals surface area (Å²) < 4.78 is 64.4. The third-order valence-corrected chi connectivity index (χ3v) is 29.3. The number of aromatic nitrogens is 10. The Balaban J connectivity index is 0.000000120. The zero-order valence-electron chi connectivity index (χ0n) is 79.4. The van der Waals surface area contributed by atoms with Crippen molar-refractivity contribution < 1.29 is 103 Å². The van der Waals surface area contributed by atoms with Crippen LogP contribution in [0.15, 0.2) is 235 Å². The van der Waals surface area contributed by atoms with Gasteiger partial charge in [0.1, 0.15) is 52.9 Å². The molecule has 21 heterocycles. The molecule has 752 valence electrons. The molecule has 5 fully saturated rings. The molecule has 5 amide bonds. The number of pyridine rings is 5. The highest BCUT2D eigenvalue weighted by Crippen LogP contribution is 2.43. The molecule has 5 aliphatic heterocycles. The van der Waals surface area contributed by atoms with E-state index in [1.807, 2.05) is 44.2 Å². The first kappa shape index (κ1) is 102. The van der Waals surface area contributed by atoms with Crippen LogP contribution in [-0.2, 0) is 34.9 Å². The summed E-state index contributed by atoms with van der Waals surface area (Å²) in [5.74, 6) is 0.805. The lowest BCUT2D eigenvalue weighted by molar-refractivity contribution is -0.115. The Morgan fingerprint density at radius 1 is 0.327 bits per heavy atom. The Morgan fingerprint density at radius 2 is 0.667 bits per heavy atom. The van der Waals surface area contributed by atoms with Crippen LogP contribution in [0.3, 0.4) is 0 Å². The number of rotatable bonds is 27. The van der Waals surface area contributed by atoms with Crippen molar-refractivity contribution in [1.29, 1.82) is 0 Å². The molecule has 0 atom stereocenters. The molecule has 0 unspecified atom stereocenters. The van der Waals surface area contributed by atoms with Crippen molar-refractivity contribution in [2.24, 2.45) is 29.6 Å². The van der Waals surface area contributed by atoms with Crippen LogP contribution < -0.4 is 31.3 Å². The summed E-state index contributed by atoms with van der Waals surface area (Å²) in [4.78, 5) is 174. The zero-order chi connectivity index (χ0) is 102. The van der Waals surface area contributed by atoms with E-state index < -0.39 is 0 Å². The van der Waals surface area contributed by atoms with Crippen molar-refractivity contribution in [3.63, 3.8) is 0 Å². The summed E-state index contributed by atoms with van der Waals surface area (Å²) in [6.45, 7) is 9.54. The third kappa shape index (κ3) is 25.4. The number of amides is 5. The van der Waals surface area contributed by atoms with Gasteiger partial charge in [-0.3, -0.25) is 84.2 Å². The summed E-state index contributed by atoms with van der Waals surface area (Å²) in [7, 11) is 1.50. The Hall–Kier alpha value is -15.4. The summed E-state index contributed by atoms with van der Waals surface area (Å²) in [6, 6.07) is 40.7. The molecule has 22 rings (SSSR count). The average Bonchev–Trinajstić information content (AvgIpc) is 1.68. The molecule has 5 N–H and O–H groups in total. The van der Waals surface area contributed by atoms with Gasteiger partial charge in [-0.25, -0.2) is 34.9 Å². The Kier molecular flexibility index (Phi) is 33.6. The molecular formula is C105H95N15O22S5. The lowest BCUT2D eigenvalue weighted by Gasteiger charge is -2.20. The lowest BCUT2D eigenvalue weighted by atomic mass is 9.94. The van der Waals surface area contributed by atoms with Crippen LogP contribution in [0.1, 0.15) is 171 Å². The first-order valence-electron chi connectivity index (χ1n) is 47.2. The Labute approximate surface area is 858 Å². The first-order chi connectivity index (χ1) is 71.8. The number of aryl methyl sites for hydroxylation is 2. The number of hydrogen-bond donors (Lipinski definition) is 5. The van der Waals surface area contributed by atoms with Crippen LogP contribution in [0.5, 0.6) is 5.88 Å².